The maximum atomic E-state index is 14.0. The first-order chi connectivity index (χ1) is 14.9. The molecule has 1 fully saturated rings. The summed E-state index contributed by atoms with van der Waals surface area (Å²) in [6.07, 6.45) is -2.96. The zero-order valence-electron chi connectivity index (χ0n) is 16.9. The summed E-state index contributed by atoms with van der Waals surface area (Å²) in [4.78, 5) is 15.1. The van der Waals surface area contributed by atoms with Crippen molar-refractivity contribution in [3.05, 3.63) is 41.0 Å². The summed E-state index contributed by atoms with van der Waals surface area (Å²) in [5.41, 5.74) is 0.597. The van der Waals surface area contributed by atoms with E-state index >= 15 is 0 Å². The first kappa shape index (κ1) is 20.3. The number of hydrogen-bond acceptors (Lipinski definition) is 6. The van der Waals surface area contributed by atoms with Gasteiger partial charge >= 0.3 is 6.18 Å². The molecule has 0 radical (unpaired) electrons. The average molecular weight is 447 g/mol. The minimum absolute atomic E-state index is 0.116. The number of nitrogens with zero attached hydrogens (tertiary/aromatic N) is 5. The Morgan fingerprint density at radius 3 is 2.65 bits per heavy atom. The van der Waals surface area contributed by atoms with E-state index in [1.54, 1.807) is 17.6 Å². The molecule has 1 saturated heterocycles. The van der Waals surface area contributed by atoms with Crippen molar-refractivity contribution >= 4 is 33.3 Å². The topological polar surface area (TPSA) is 58.9 Å². The average Bonchev–Trinajstić information content (AvgIpc) is 3.39. The zero-order valence-corrected chi connectivity index (χ0v) is 17.7. The molecule has 0 amide bonds. The standard InChI is InChI=1S/C21H21F3N6S/c1-13-2-3-14-15(12-13)27-18(21(22,23)24)16-17(14)30(10-9-29-7-4-25-5-8-29)19(28-16)20-26-6-11-31-20/h2-3,6,11-12,25H,4-5,7-10H2,1H3. The van der Waals surface area contributed by atoms with Crippen LogP contribution in [0.2, 0.25) is 0 Å². The van der Waals surface area contributed by atoms with E-state index in [-0.39, 0.29) is 5.52 Å². The van der Waals surface area contributed by atoms with Crippen LogP contribution in [0.15, 0.2) is 29.8 Å². The molecule has 5 rings (SSSR count). The Bertz CT molecular complexity index is 1230. The third-order valence-electron chi connectivity index (χ3n) is 5.57. The van der Waals surface area contributed by atoms with Gasteiger partial charge in [-0.15, -0.1) is 11.3 Å². The predicted molar refractivity (Wildman–Crippen MR) is 115 cm³/mol. The number of nitrogens with one attached hydrogen (secondary N) is 1. The smallest absolute Gasteiger partial charge is 0.320 e. The van der Waals surface area contributed by atoms with Crippen molar-refractivity contribution in [1.29, 1.82) is 0 Å². The van der Waals surface area contributed by atoms with Crippen LogP contribution in [0.1, 0.15) is 11.3 Å². The fraction of sp³-hybridized carbons (Fsp3) is 0.381. The summed E-state index contributed by atoms with van der Waals surface area (Å²) in [6, 6.07) is 5.43. The summed E-state index contributed by atoms with van der Waals surface area (Å²) >= 11 is 1.37. The van der Waals surface area contributed by atoms with Gasteiger partial charge in [0.25, 0.3) is 0 Å². The van der Waals surface area contributed by atoms with Crippen molar-refractivity contribution in [3.63, 3.8) is 0 Å². The van der Waals surface area contributed by atoms with Crippen LogP contribution in [0.3, 0.4) is 0 Å². The Labute approximate surface area is 180 Å². The van der Waals surface area contributed by atoms with E-state index in [2.05, 4.69) is 25.2 Å². The molecular formula is C21H21F3N6S. The lowest BCUT2D eigenvalue weighted by atomic mass is 10.1. The van der Waals surface area contributed by atoms with Crippen LogP contribution in [-0.2, 0) is 12.7 Å². The number of benzene rings is 1. The Balaban J connectivity index is 1.75. The van der Waals surface area contributed by atoms with Crippen molar-refractivity contribution in [1.82, 2.24) is 29.7 Å². The second-order valence-electron chi connectivity index (χ2n) is 7.69. The van der Waals surface area contributed by atoms with Gasteiger partial charge in [0.15, 0.2) is 16.5 Å². The van der Waals surface area contributed by atoms with Gasteiger partial charge in [-0.1, -0.05) is 12.1 Å². The predicted octanol–water partition coefficient (Wildman–Crippen LogP) is 3.94. The maximum Gasteiger partial charge on any atom is 0.435 e. The van der Waals surface area contributed by atoms with Crippen LogP contribution in [-0.4, -0.2) is 57.1 Å². The molecule has 1 aliphatic rings. The zero-order chi connectivity index (χ0) is 21.6. The van der Waals surface area contributed by atoms with E-state index < -0.39 is 11.9 Å². The van der Waals surface area contributed by atoms with Gasteiger partial charge in [0, 0.05) is 56.2 Å². The van der Waals surface area contributed by atoms with E-state index in [0.29, 0.717) is 33.8 Å². The normalized spacial score (nSPS) is 15.9. The number of imidazole rings is 1. The number of rotatable bonds is 4. The summed E-state index contributed by atoms with van der Waals surface area (Å²) in [5, 5.41) is 6.40. The largest absolute Gasteiger partial charge is 0.435 e. The first-order valence-electron chi connectivity index (χ1n) is 10.1. The molecule has 1 aliphatic heterocycles. The van der Waals surface area contributed by atoms with E-state index in [0.717, 1.165) is 38.3 Å². The van der Waals surface area contributed by atoms with Crippen molar-refractivity contribution in [2.75, 3.05) is 32.7 Å². The van der Waals surface area contributed by atoms with Crippen molar-refractivity contribution in [2.45, 2.75) is 19.6 Å². The number of alkyl halides is 3. The molecule has 0 spiro atoms. The molecule has 1 N–H and O–H groups in total. The van der Waals surface area contributed by atoms with Gasteiger partial charge in [0.1, 0.15) is 5.52 Å². The molecule has 0 atom stereocenters. The Hall–Kier alpha value is -2.56. The van der Waals surface area contributed by atoms with E-state index in [1.165, 1.54) is 11.3 Å². The van der Waals surface area contributed by atoms with Gasteiger partial charge in [-0.3, -0.25) is 4.90 Å². The van der Waals surface area contributed by atoms with Crippen LogP contribution < -0.4 is 5.32 Å². The van der Waals surface area contributed by atoms with Gasteiger partial charge in [-0.2, -0.15) is 13.2 Å². The Morgan fingerprint density at radius 2 is 1.94 bits per heavy atom. The van der Waals surface area contributed by atoms with E-state index in [1.807, 2.05) is 23.6 Å². The molecule has 0 saturated carbocycles. The second kappa shape index (κ2) is 7.85. The molecule has 1 aromatic carbocycles. The molecule has 4 aromatic rings. The molecule has 0 bridgehead atoms. The minimum Gasteiger partial charge on any atom is -0.320 e. The highest BCUT2D eigenvalue weighted by molar-refractivity contribution is 7.13. The minimum atomic E-state index is -4.60. The maximum absolute atomic E-state index is 14.0. The number of aromatic nitrogens is 4. The SMILES string of the molecule is Cc1ccc2c(c1)nc(C(F)(F)F)c1nc(-c3nccs3)n(CCN3CCNCC3)c12. The monoisotopic (exact) mass is 446 g/mol. The highest BCUT2D eigenvalue weighted by Crippen LogP contribution is 2.38. The lowest BCUT2D eigenvalue weighted by molar-refractivity contribution is -0.139. The number of fused-ring (bicyclic) bond motifs is 3. The van der Waals surface area contributed by atoms with E-state index in [9.17, 15) is 13.2 Å². The van der Waals surface area contributed by atoms with Crippen LogP contribution in [0.5, 0.6) is 0 Å². The molecule has 10 heteroatoms. The van der Waals surface area contributed by atoms with Crippen molar-refractivity contribution < 1.29 is 13.2 Å². The number of pyridine rings is 1. The first-order valence-corrected chi connectivity index (χ1v) is 11.0. The number of hydrogen-bond donors (Lipinski definition) is 1. The van der Waals surface area contributed by atoms with Crippen LogP contribution in [0.4, 0.5) is 13.2 Å². The number of thiazole rings is 1. The molecule has 3 aromatic heterocycles. The molecule has 162 valence electrons. The highest BCUT2D eigenvalue weighted by Gasteiger charge is 2.38. The van der Waals surface area contributed by atoms with Crippen LogP contribution in [0, 0.1) is 6.92 Å². The molecule has 0 unspecified atom stereocenters. The van der Waals surface area contributed by atoms with Crippen molar-refractivity contribution in [3.8, 4) is 10.8 Å². The van der Waals surface area contributed by atoms with Gasteiger partial charge in [-0.25, -0.2) is 15.0 Å². The Morgan fingerprint density at radius 1 is 1.13 bits per heavy atom. The number of aryl methyl sites for hydroxylation is 1. The van der Waals surface area contributed by atoms with Gasteiger partial charge in [0.2, 0.25) is 0 Å². The third-order valence-corrected chi connectivity index (χ3v) is 6.34. The third kappa shape index (κ3) is 3.79. The molecule has 4 heterocycles. The van der Waals surface area contributed by atoms with Crippen LogP contribution >= 0.6 is 11.3 Å². The van der Waals surface area contributed by atoms with Gasteiger partial charge in [0.05, 0.1) is 11.0 Å². The number of piperazine rings is 1. The number of halogens is 3. The van der Waals surface area contributed by atoms with Gasteiger partial charge in [-0.05, 0) is 18.6 Å². The molecule has 31 heavy (non-hydrogen) atoms. The summed E-state index contributed by atoms with van der Waals surface area (Å²) in [5.74, 6) is 0.459. The summed E-state index contributed by atoms with van der Waals surface area (Å²) < 4.78 is 43.8. The van der Waals surface area contributed by atoms with Gasteiger partial charge < -0.3 is 9.88 Å². The fourth-order valence-corrected chi connectivity index (χ4v) is 4.72. The van der Waals surface area contributed by atoms with Crippen LogP contribution in [0.25, 0.3) is 32.8 Å². The molecule has 6 nitrogen and oxygen atoms in total. The lowest BCUT2D eigenvalue weighted by Crippen LogP contribution is -2.44. The van der Waals surface area contributed by atoms with Crippen molar-refractivity contribution in [2.24, 2.45) is 0 Å². The fourth-order valence-electron chi connectivity index (χ4n) is 4.09. The van der Waals surface area contributed by atoms with E-state index in [4.69, 9.17) is 0 Å². The summed E-state index contributed by atoms with van der Waals surface area (Å²) in [6.45, 7) is 6.74. The summed E-state index contributed by atoms with van der Waals surface area (Å²) in [7, 11) is 0. The molecule has 0 aliphatic carbocycles. The lowest BCUT2D eigenvalue weighted by Gasteiger charge is -2.27. The highest BCUT2D eigenvalue weighted by atomic mass is 32.1. The second-order valence-corrected chi connectivity index (χ2v) is 8.59. The Kier molecular flexibility index (Phi) is 5.15. The quantitative estimate of drug-likeness (QED) is 0.515. The molecular weight excluding hydrogens is 425 g/mol.